The molecule has 0 aliphatic heterocycles. The Morgan fingerprint density at radius 1 is 0.456 bits per heavy atom. The van der Waals surface area contributed by atoms with Gasteiger partial charge in [0.05, 0.1) is 27.7 Å². The maximum absolute atomic E-state index is 12.8. The molecule has 68 heavy (non-hydrogen) atoms. The van der Waals surface area contributed by atoms with Crippen LogP contribution in [0.25, 0.3) is 0 Å². The van der Waals surface area contributed by atoms with Crippen LogP contribution in [0, 0.1) is 0 Å². The number of ether oxygens (including phenoxy) is 2. The van der Waals surface area contributed by atoms with Gasteiger partial charge < -0.3 is 18.9 Å². The van der Waals surface area contributed by atoms with Gasteiger partial charge >= 0.3 is 19.8 Å². The maximum atomic E-state index is 12.8. The molecule has 0 rings (SSSR count). The molecule has 9 nitrogen and oxygen atoms in total. The lowest BCUT2D eigenvalue weighted by Crippen LogP contribution is -2.37. The number of hydrogen-bond acceptors (Lipinski definition) is 7. The van der Waals surface area contributed by atoms with Crippen LogP contribution in [0.5, 0.6) is 0 Å². The third kappa shape index (κ3) is 52.6. The summed E-state index contributed by atoms with van der Waals surface area (Å²) >= 11 is 0. The smallest absolute Gasteiger partial charge is 0.462 e. The van der Waals surface area contributed by atoms with E-state index < -0.39 is 26.5 Å². The molecule has 0 saturated heterocycles. The van der Waals surface area contributed by atoms with Crippen molar-refractivity contribution in [3.05, 3.63) is 85.1 Å². The van der Waals surface area contributed by atoms with Gasteiger partial charge in [0.1, 0.15) is 19.8 Å². The van der Waals surface area contributed by atoms with E-state index in [2.05, 4.69) is 98.9 Å². The summed E-state index contributed by atoms with van der Waals surface area (Å²) in [6.07, 6.45) is 65.0. The van der Waals surface area contributed by atoms with Gasteiger partial charge in [-0.2, -0.15) is 0 Å². The summed E-state index contributed by atoms with van der Waals surface area (Å²) in [4.78, 5) is 35.6. The quantitative estimate of drug-likeness (QED) is 0.0211. The zero-order chi connectivity index (χ0) is 49.9. The van der Waals surface area contributed by atoms with Crippen molar-refractivity contribution in [2.24, 2.45) is 0 Å². The first kappa shape index (κ1) is 65.2. The number of phosphoric acid groups is 1. The molecule has 2 unspecified atom stereocenters. The molecule has 10 heteroatoms. The molecular weight excluding hydrogens is 870 g/mol. The Morgan fingerprint density at radius 3 is 1.18 bits per heavy atom. The van der Waals surface area contributed by atoms with E-state index in [4.69, 9.17) is 18.5 Å². The fourth-order valence-electron chi connectivity index (χ4n) is 7.26. The molecule has 0 aliphatic carbocycles. The van der Waals surface area contributed by atoms with Gasteiger partial charge in [-0.1, -0.05) is 208 Å². The number of allylic oxidation sites excluding steroid dienone is 14. The minimum Gasteiger partial charge on any atom is -0.462 e. The van der Waals surface area contributed by atoms with Crippen LogP contribution in [0.2, 0.25) is 0 Å². The zero-order valence-corrected chi connectivity index (χ0v) is 45.2. The molecule has 0 spiro atoms. The van der Waals surface area contributed by atoms with Gasteiger partial charge in [0.15, 0.2) is 6.10 Å². The zero-order valence-electron chi connectivity index (χ0n) is 44.3. The Kier molecular flexibility index (Phi) is 47.2. The number of carbonyl (C=O) groups is 2. The molecule has 0 aromatic carbocycles. The normalized spacial score (nSPS) is 14.0. The second-order valence-electron chi connectivity index (χ2n) is 19.2. The van der Waals surface area contributed by atoms with E-state index in [1.165, 1.54) is 89.9 Å². The van der Waals surface area contributed by atoms with Gasteiger partial charge in [-0.25, -0.2) is 4.57 Å². The summed E-state index contributed by atoms with van der Waals surface area (Å²) < 4.78 is 34.5. The van der Waals surface area contributed by atoms with Gasteiger partial charge in [-0.05, 0) is 83.5 Å². The number of hydrogen-bond donors (Lipinski definition) is 1. The third-order valence-corrected chi connectivity index (χ3v) is 12.4. The number of likely N-dealkylation sites (N-methyl/N-ethyl adjacent to an activating group) is 1. The summed E-state index contributed by atoms with van der Waals surface area (Å²) in [6.45, 7) is 4.20. The van der Waals surface area contributed by atoms with Gasteiger partial charge in [0.25, 0.3) is 0 Å². The lowest BCUT2D eigenvalue weighted by molar-refractivity contribution is -0.870. The minimum atomic E-state index is -4.39. The van der Waals surface area contributed by atoms with Crippen molar-refractivity contribution < 1.29 is 42.1 Å². The summed E-state index contributed by atoms with van der Waals surface area (Å²) in [6, 6.07) is 0. The summed E-state index contributed by atoms with van der Waals surface area (Å²) in [7, 11) is 1.46. The number of carbonyl (C=O) groups excluding carboxylic acids is 2. The molecule has 0 fully saturated rings. The molecule has 0 heterocycles. The second kappa shape index (κ2) is 49.2. The molecule has 0 radical (unpaired) electrons. The van der Waals surface area contributed by atoms with Crippen LogP contribution < -0.4 is 0 Å². The summed E-state index contributed by atoms with van der Waals surface area (Å²) in [5.74, 6) is -0.810. The molecular formula is C58H103NO8P+. The fourth-order valence-corrected chi connectivity index (χ4v) is 8.00. The predicted molar refractivity (Wildman–Crippen MR) is 289 cm³/mol. The van der Waals surface area contributed by atoms with Crippen molar-refractivity contribution in [2.45, 2.75) is 225 Å². The van der Waals surface area contributed by atoms with Crippen LogP contribution in [-0.4, -0.2) is 74.9 Å². The highest BCUT2D eigenvalue weighted by atomic mass is 31.2. The predicted octanol–water partition coefficient (Wildman–Crippen LogP) is 16.7. The van der Waals surface area contributed by atoms with Crippen molar-refractivity contribution in [3.63, 3.8) is 0 Å². The van der Waals surface area contributed by atoms with Crippen LogP contribution in [0.1, 0.15) is 219 Å². The Balaban J connectivity index is 4.18. The SMILES string of the molecule is CC/C=C\C/C=C\C/C=C\C/C=C\CCCCCCCCCCCCCCCCC(=O)OC(COC(=O)CCCCCCCCC/C=C\C/C=C\C/C=C\CC)COP(=O)(O)OCC[N+](C)(C)C. The number of unbranched alkanes of at least 4 members (excludes halogenated alkanes) is 21. The molecule has 0 aliphatic rings. The van der Waals surface area contributed by atoms with Gasteiger partial charge in [0, 0.05) is 12.8 Å². The first-order valence-electron chi connectivity index (χ1n) is 27.3. The molecule has 1 N–H and O–H groups in total. The highest BCUT2D eigenvalue weighted by Crippen LogP contribution is 2.43. The third-order valence-electron chi connectivity index (χ3n) is 11.4. The number of phosphoric ester groups is 1. The first-order chi connectivity index (χ1) is 33.0. The molecule has 0 bridgehead atoms. The number of quaternary nitrogens is 1. The summed E-state index contributed by atoms with van der Waals surface area (Å²) in [5.41, 5.74) is 0. The van der Waals surface area contributed by atoms with E-state index in [1.807, 2.05) is 21.1 Å². The highest BCUT2D eigenvalue weighted by Gasteiger charge is 2.27. The Morgan fingerprint density at radius 2 is 0.794 bits per heavy atom. The molecule has 392 valence electrons. The molecule has 0 saturated carbocycles. The molecule has 0 amide bonds. The molecule has 0 aromatic rings. The first-order valence-corrected chi connectivity index (χ1v) is 28.8. The second-order valence-corrected chi connectivity index (χ2v) is 20.7. The molecule has 2 atom stereocenters. The van der Waals surface area contributed by atoms with Crippen LogP contribution in [0.15, 0.2) is 85.1 Å². The standard InChI is InChI=1S/C58H102NO8P/c1-6-8-10-12-14-16-18-20-22-24-25-26-27-28-29-30-31-32-33-35-37-39-41-43-45-47-49-51-58(61)67-56(55-66-68(62,63)65-53-52-59(3,4)5)54-64-57(60)50-48-46-44-42-40-38-36-34-23-21-19-17-15-13-11-9-7-2/h8-11,14-17,20-23,25-26,56H,6-7,12-13,18-19,24,27-55H2,1-5H3/p+1/b10-8-,11-9-,16-14-,17-15-,22-20-,23-21-,26-25-. The number of nitrogens with zero attached hydrogens (tertiary/aromatic N) is 1. The lowest BCUT2D eigenvalue weighted by atomic mass is 10.0. The van der Waals surface area contributed by atoms with E-state index in [-0.39, 0.29) is 32.0 Å². The monoisotopic (exact) mass is 973 g/mol. The van der Waals surface area contributed by atoms with Crippen molar-refractivity contribution in [3.8, 4) is 0 Å². The van der Waals surface area contributed by atoms with Gasteiger partial charge in [-0.15, -0.1) is 0 Å². The van der Waals surface area contributed by atoms with Crippen molar-refractivity contribution in [1.82, 2.24) is 0 Å². The Hall–Kier alpha value is -2.81. The van der Waals surface area contributed by atoms with E-state index in [0.717, 1.165) is 96.3 Å². The number of esters is 2. The largest absolute Gasteiger partial charge is 0.472 e. The van der Waals surface area contributed by atoms with Crippen molar-refractivity contribution in [1.29, 1.82) is 0 Å². The van der Waals surface area contributed by atoms with Gasteiger partial charge in [0.2, 0.25) is 0 Å². The topological polar surface area (TPSA) is 108 Å². The van der Waals surface area contributed by atoms with E-state index >= 15 is 0 Å². The summed E-state index contributed by atoms with van der Waals surface area (Å²) in [5, 5.41) is 0. The average molecular weight is 973 g/mol. The van der Waals surface area contributed by atoms with Crippen LogP contribution in [0.4, 0.5) is 0 Å². The van der Waals surface area contributed by atoms with E-state index in [0.29, 0.717) is 17.4 Å². The van der Waals surface area contributed by atoms with Crippen LogP contribution in [-0.2, 0) is 32.7 Å². The Bertz CT molecular complexity index is 1420. The average Bonchev–Trinajstić information content (AvgIpc) is 3.30. The van der Waals surface area contributed by atoms with E-state index in [1.54, 1.807) is 0 Å². The van der Waals surface area contributed by atoms with Crippen LogP contribution >= 0.6 is 7.82 Å². The highest BCUT2D eigenvalue weighted by molar-refractivity contribution is 7.47. The van der Waals surface area contributed by atoms with Crippen molar-refractivity contribution in [2.75, 3.05) is 47.5 Å². The Labute approximate surface area is 418 Å². The van der Waals surface area contributed by atoms with Crippen LogP contribution in [0.3, 0.4) is 0 Å². The maximum Gasteiger partial charge on any atom is 0.472 e. The van der Waals surface area contributed by atoms with Gasteiger partial charge in [-0.3, -0.25) is 18.6 Å². The minimum absolute atomic E-state index is 0.0266. The van der Waals surface area contributed by atoms with E-state index in [9.17, 15) is 19.0 Å². The van der Waals surface area contributed by atoms with Crippen molar-refractivity contribution >= 4 is 19.8 Å². The lowest BCUT2D eigenvalue weighted by Gasteiger charge is -2.24. The molecule has 0 aromatic heterocycles. The fraction of sp³-hybridized carbons (Fsp3) is 0.724. The number of rotatable bonds is 49.